The number of aromatic nitrogens is 2. The minimum Gasteiger partial charge on any atom is -0.481 e. The lowest BCUT2D eigenvalue weighted by Crippen LogP contribution is -2.56. The van der Waals surface area contributed by atoms with E-state index in [1.165, 1.54) is 0 Å². The first kappa shape index (κ1) is 20.0. The van der Waals surface area contributed by atoms with Crippen LogP contribution in [0.25, 0.3) is 10.8 Å². The van der Waals surface area contributed by atoms with Crippen molar-refractivity contribution in [3.8, 4) is 0 Å². The van der Waals surface area contributed by atoms with Gasteiger partial charge < -0.3 is 14.9 Å². The molecule has 2 aliphatic rings. The lowest BCUT2D eigenvalue weighted by molar-refractivity contribution is -0.137. The zero-order valence-corrected chi connectivity index (χ0v) is 17.4. The van der Waals surface area contributed by atoms with Crippen molar-refractivity contribution in [2.24, 2.45) is 5.92 Å². The number of hydrogen-bond acceptors (Lipinski definition) is 6. The largest absolute Gasteiger partial charge is 0.481 e. The number of benzene rings is 1. The highest BCUT2D eigenvalue weighted by atomic mass is 16.4. The lowest BCUT2D eigenvalue weighted by atomic mass is 9.86. The van der Waals surface area contributed by atoms with E-state index < -0.39 is 5.97 Å². The van der Waals surface area contributed by atoms with Gasteiger partial charge in [-0.1, -0.05) is 24.3 Å². The summed E-state index contributed by atoms with van der Waals surface area (Å²) in [5, 5.41) is 20.5. The fraction of sp³-hybridized carbons (Fsp3) is 0.591. The molecule has 7 nitrogen and oxygen atoms in total. The average molecular weight is 398 g/mol. The molecule has 0 amide bonds. The van der Waals surface area contributed by atoms with Crippen LogP contribution in [0.1, 0.15) is 25.0 Å². The van der Waals surface area contributed by atoms with Crippen LogP contribution in [0.4, 0.5) is 5.82 Å². The van der Waals surface area contributed by atoms with Gasteiger partial charge >= 0.3 is 5.97 Å². The third-order valence-electron chi connectivity index (χ3n) is 6.58. The number of carboxylic acid groups (broad SMARTS) is 1. The van der Waals surface area contributed by atoms with Crippen molar-refractivity contribution >= 4 is 22.6 Å². The molecular formula is C22H31N5O2. The summed E-state index contributed by atoms with van der Waals surface area (Å²) in [5.41, 5.74) is 0.944. The van der Waals surface area contributed by atoms with Crippen LogP contribution in [0, 0.1) is 12.8 Å². The molecule has 0 saturated carbocycles. The zero-order chi connectivity index (χ0) is 20.4. The number of piperidine rings is 1. The minimum atomic E-state index is -0.708. The fourth-order valence-electron chi connectivity index (χ4n) is 4.90. The van der Waals surface area contributed by atoms with E-state index in [1.807, 2.05) is 19.1 Å². The molecule has 4 rings (SSSR count). The van der Waals surface area contributed by atoms with Gasteiger partial charge in [-0.25, -0.2) is 0 Å². The highest BCUT2D eigenvalue weighted by Crippen LogP contribution is 2.32. The monoisotopic (exact) mass is 397 g/mol. The van der Waals surface area contributed by atoms with Crippen molar-refractivity contribution in [2.45, 2.75) is 32.2 Å². The van der Waals surface area contributed by atoms with Crippen LogP contribution in [-0.2, 0) is 4.79 Å². The number of hydrogen-bond donors (Lipinski definition) is 1. The fourth-order valence-corrected chi connectivity index (χ4v) is 4.90. The quantitative estimate of drug-likeness (QED) is 0.829. The van der Waals surface area contributed by atoms with E-state index >= 15 is 0 Å². The van der Waals surface area contributed by atoms with Crippen LogP contribution >= 0.6 is 0 Å². The molecular weight excluding hydrogens is 366 g/mol. The molecule has 0 spiro atoms. The Hall–Kier alpha value is -2.25. The van der Waals surface area contributed by atoms with E-state index in [-0.39, 0.29) is 6.42 Å². The lowest BCUT2D eigenvalue weighted by Gasteiger charge is -2.46. The highest BCUT2D eigenvalue weighted by Gasteiger charge is 2.35. The average Bonchev–Trinajstić information content (AvgIpc) is 2.73. The SMILES string of the molecule is Cc1nnc(N2CC[C@H](N3CCN(C)CC3)[C@H](CCC(=O)O)C2)c2ccccc12. The Morgan fingerprint density at radius 3 is 2.55 bits per heavy atom. The molecule has 1 aromatic heterocycles. The van der Waals surface area contributed by atoms with E-state index in [1.54, 1.807) is 0 Å². The highest BCUT2D eigenvalue weighted by molar-refractivity contribution is 5.93. The molecule has 2 atom stereocenters. The van der Waals surface area contributed by atoms with Crippen molar-refractivity contribution in [1.82, 2.24) is 20.0 Å². The molecule has 2 aromatic rings. The van der Waals surface area contributed by atoms with Gasteiger partial charge in [-0.3, -0.25) is 9.69 Å². The van der Waals surface area contributed by atoms with Crippen LogP contribution in [0.5, 0.6) is 0 Å². The number of carbonyl (C=O) groups is 1. The Morgan fingerprint density at radius 1 is 1.10 bits per heavy atom. The Labute approximate surface area is 172 Å². The molecule has 0 unspecified atom stereocenters. The Morgan fingerprint density at radius 2 is 1.83 bits per heavy atom. The number of likely N-dealkylation sites (N-methyl/N-ethyl adjacent to an activating group) is 1. The van der Waals surface area contributed by atoms with Gasteiger partial charge in [-0.2, -0.15) is 5.10 Å². The molecule has 0 aliphatic carbocycles. The van der Waals surface area contributed by atoms with Crippen LogP contribution in [0.15, 0.2) is 24.3 Å². The van der Waals surface area contributed by atoms with Gasteiger partial charge in [-0.05, 0) is 32.7 Å². The minimum absolute atomic E-state index is 0.225. The van der Waals surface area contributed by atoms with E-state index in [2.05, 4.69) is 44.1 Å². The smallest absolute Gasteiger partial charge is 0.303 e. The second-order valence-electron chi connectivity index (χ2n) is 8.49. The van der Waals surface area contributed by atoms with Gasteiger partial charge in [0.05, 0.1) is 5.69 Å². The van der Waals surface area contributed by atoms with Crippen molar-refractivity contribution < 1.29 is 9.90 Å². The van der Waals surface area contributed by atoms with Gasteiger partial charge in [0.1, 0.15) is 0 Å². The predicted molar refractivity (Wildman–Crippen MR) is 114 cm³/mol. The third kappa shape index (κ3) is 4.36. The van der Waals surface area contributed by atoms with Crippen LogP contribution in [0.2, 0.25) is 0 Å². The predicted octanol–water partition coefficient (Wildman–Crippen LogP) is 2.25. The molecule has 0 bridgehead atoms. The van der Waals surface area contributed by atoms with Crippen molar-refractivity contribution in [2.75, 3.05) is 51.2 Å². The van der Waals surface area contributed by atoms with Crippen molar-refractivity contribution in [3.05, 3.63) is 30.0 Å². The van der Waals surface area contributed by atoms with Gasteiger partial charge in [0.2, 0.25) is 0 Å². The van der Waals surface area contributed by atoms with Gasteiger partial charge in [-0.15, -0.1) is 5.10 Å². The molecule has 2 fully saturated rings. The first-order valence-electron chi connectivity index (χ1n) is 10.6. The zero-order valence-electron chi connectivity index (χ0n) is 17.4. The third-order valence-corrected chi connectivity index (χ3v) is 6.58. The summed E-state index contributed by atoms with van der Waals surface area (Å²) in [5.74, 6) is 0.549. The van der Waals surface area contributed by atoms with Gasteiger partial charge in [0.15, 0.2) is 5.82 Å². The summed E-state index contributed by atoms with van der Waals surface area (Å²) in [6.45, 7) is 8.07. The number of anilines is 1. The first-order valence-corrected chi connectivity index (χ1v) is 10.6. The Kier molecular flexibility index (Phi) is 5.96. The Balaban J connectivity index is 1.57. The summed E-state index contributed by atoms with van der Waals surface area (Å²) in [6, 6.07) is 8.75. The van der Waals surface area contributed by atoms with Gasteiger partial charge in [0.25, 0.3) is 0 Å². The van der Waals surface area contributed by atoms with E-state index in [0.29, 0.717) is 18.4 Å². The summed E-state index contributed by atoms with van der Waals surface area (Å²) >= 11 is 0. The molecule has 7 heteroatoms. The molecule has 1 N–H and O–H groups in total. The number of nitrogens with zero attached hydrogens (tertiary/aromatic N) is 5. The molecule has 156 valence electrons. The number of carboxylic acids is 1. The molecule has 1 aromatic carbocycles. The maximum atomic E-state index is 11.3. The summed E-state index contributed by atoms with van der Waals surface area (Å²) in [6.07, 6.45) is 1.97. The molecule has 0 radical (unpaired) electrons. The summed E-state index contributed by atoms with van der Waals surface area (Å²) in [4.78, 5) is 18.6. The molecule has 29 heavy (non-hydrogen) atoms. The number of aliphatic carboxylic acids is 1. The summed E-state index contributed by atoms with van der Waals surface area (Å²) < 4.78 is 0. The molecule has 2 aliphatic heterocycles. The van der Waals surface area contributed by atoms with Crippen LogP contribution in [0.3, 0.4) is 0 Å². The number of rotatable bonds is 5. The molecule has 2 saturated heterocycles. The number of aryl methyl sites for hydroxylation is 1. The van der Waals surface area contributed by atoms with E-state index in [4.69, 9.17) is 0 Å². The van der Waals surface area contributed by atoms with Crippen molar-refractivity contribution in [3.63, 3.8) is 0 Å². The topological polar surface area (TPSA) is 72.8 Å². The van der Waals surface area contributed by atoms with E-state index in [0.717, 1.165) is 68.0 Å². The van der Waals surface area contributed by atoms with Crippen LogP contribution in [-0.4, -0.2) is 83.4 Å². The van der Waals surface area contributed by atoms with Gasteiger partial charge in [0, 0.05) is 62.5 Å². The van der Waals surface area contributed by atoms with Crippen molar-refractivity contribution in [1.29, 1.82) is 0 Å². The second kappa shape index (κ2) is 8.63. The first-order chi connectivity index (χ1) is 14.0. The maximum absolute atomic E-state index is 11.3. The standard InChI is InChI=1S/C22H31N5O2/c1-16-18-5-3-4-6-19(18)22(24-23-16)27-10-9-20(17(15-27)7-8-21(28)29)26-13-11-25(2)12-14-26/h3-6,17,20H,7-15H2,1-2H3,(H,28,29)/t17-,20+/m1/s1. The maximum Gasteiger partial charge on any atom is 0.303 e. The van der Waals surface area contributed by atoms with E-state index in [9.17, 15) is 9.90 Å². The molecule has 3 heterocycles. The van der Waals surface area contributed by atoms with Crippen LogP contribution < -0.4 is 4.90 Å². The second-order valence-corrected chi connectivity index (χ2v) is 8.49. The Bertz CT molecular complexity index is 865. The number of piperazine rings is 1. The summed E-state index contributed by atoms with van der Waals surface area (Å²) in [7, 11) is 2.17. The normalized spacial score (nSPS) is 24.1. The number of fused-ring (bicyclic) bond motifs is 1.